The van der Waals surface area contributed by atoms with E-state index in [9.17, 15) is 0 Å². The van der Waals surface area contributed by atoms with Crippen molar-refractivity contribution in [3.8, 4) is 5.75 Å². The van der Waals surface area contributed by atoms with E-state index in [-0.39, 0.29) is 8.96 Å². The molecule has 7 heteroatoms. The number of rotatable bonds is 6. The summed E-state index contributed by atoms with van der Waals surface area (Å²) < 4.78 is 14.4. The van der Waals surface area contributed by atoms with Gasteiger partial charge in [0, 0.05) is 5.56 Å². The van der Waals surface area contributed by atoms with E-state index in [0.717, 1.165) is 19.8 Å². The molecule has 0 radical (unpaired) electrons. The summed E-state index contributed by atoms with van der Waals surface area (Å²) in [4.78, 5) is 2.99. The number of hydrogen-bond acceptors (Lipinski definition) is 3. The fourth-order valence-electron chi connectivity index (χ4n) is 1.02. The molecule has 15 heavy (non-hydrogen) atoms. The number of benzene rings is 1. The summed E-state index contributed by atoms with van der Waals surface area (Å²) in [6, 6.07) is 7.81. The SMILES string of the molecule is COc1ccccc1COPNP=NP. The lowest BCUT2D eigenvalue weighted by molar-refractivity contribution is 0.334. The summed E-state index contributed by atoms with van der Waals surface area (Å²) in [6.07, 6.45) is 0. The highest BCUT2D eigenvalue weighted by Gasteiger charge is 2.00. The zero-order valence-electron chi connectivity index (χ0n) is 8.30. The number of ether oxygens (including phenoxy) is 1. The molecule has 0 spiro atoms. The van der Waals surface area contributed by atoms with Crippen LogP contribution in [0, 0.1) is 0 Å². The van der Waals surface area contributed by atoms with E-state index in [1.807, 2.05) is 24.3 Å². The molecular weight excluding hydrogens is 249 g/mol. The molecule has 0 heterocycles. The first-order valence-corrected chi connectivity index (χ1v) is 6.49. The van der Waals surface area contributed by atoms with Crippen LogP contribution < -0.4 is 9.59 Å². The molecule has 0 aliphatic carbocycles. The van der Waals surface area contributed by atoms with Crippen molar-refractivity contribution in [2.24, 2.45) is 4.52 Å². The van der Waals surface area contributed by atoms with Gasteiger partial charge in [0.15, 0.2) is 0 Å². The highest BCUT2D eigenvalue weighted by molar-refractivity contribution is 7.46. The predicted octanol–water partition coefficient (Wildman–Crippen LogP) is 3.14. The van der Waals surface area contributed by atoms with Crippen LogP contribution in [-0.4, -0.2) is 7.11 Å². The van der Waals surface area contributed by atoms with E-state index in [1.165, 1.54) is 0 Å². The summed E-state index contributed by atoms with van der Waals surface area (Å²) >= 11 is 0. The summed E-state index contributed by atoms with van der Waals surface area (Å²) in [5, 5.41) is 0. The molecule has 4 nitrogen and oxygen atoms in total. The molecular formula is C8H13N2O2P3. The topological polar surface area (TPSA) is 42.9 Å². The zero-order valence-corrected chi connectivity index (χ0v) is 11.4. The Hall–Kier alpha value is -0.100. The van der Waals surface area contributed by atoms with Gasteiger partial charge >= 0.3 is 0 Å². The second kappa shape index (κ2) is 8.10. The smallest absolute Gasteiger partial charge is 0.124 e. The lowest BCUT2D eigenvalue weighted by Crippen LogP contribution is -1.93. The normalized spacial score (nSPS) is 11.6. The lowest BCUT2D eigenvalue weighted by atomic mass is 10.2. The van der Waals surface area contributed by atoms with Crippen molar-refractivity contribution in [1.82, 2.24) is 4.86 Å². The van der Waals surface area contributed by atoms with Gasteiger partial charge in [-0.3, -0.25) is 0 Å². The van der Waals surface area contributed by atoms with Crippen LogP contribution in [-0.2, 0) is 11.1 Å². The largest absolute Gasteiger partial charge is 0.496 e. The zero-order chi connectivity index (χ0) is 10.9. The van der Waals surface area contributed by atoms with E-state index < -0.39 is 0 Å². The fraction of sp³-hybridized carbons (Fsp3) is 0.250. The molecule has 1 aromatic rings. The van der Waals surface area contributed by atoms with Crippen molar-refractivity contribution in [1.29, 1.82) is 0 Å². The van der Waals surface area contributed by atoms with Gasteiger partial charge in [0.05, 0.1) is 31.2 Å². The molecule has 0 saturated heterocycles. The summed E-state index contributed by atoms with van der Waals surface area (Å²) in [5.74, 6) is 0.857. The average molecular weight is 262 g/mol. The van der Waals surface area contributed by atoms with Gasteiger partial charge in [-0.05, 0) is 15.5 Å². The van der Waals surface area contributed by atoms with Crippen LogP contribution in [0.1, 0.15) is 5.56 Å². The van der Waals surface area contributed by atoms with E-state index in [0.29, 0.717) is 6.61 Å². The molecule has 0 aromatic heterocycles. The average Bonchev–Trinajstić information content (AvgIpc) is 2.29. The van der Waals surface area contributed by atoms with Gasteiger partial charge in [0.25, 0.3) is 0 Å². The maximum absolute atomic E-state index is 5.42. The van der Waals surface area contributed by atoms with Crippen LogP contribution in [0.5, 0.6) is 5.75 Å². The van der Waals surface area contributed by atoms with Gasteiger partial charge in [-0.2, -0.15) is 0 Å². The molecule has 82 valence electrons. The predicted molar refractivity (Wildman–Crippen MR) is 68.3 cm³/mol. The third kappa shape index (κ3) is 4.97. The van der Waals surface area contributed by atoms with Crippen molar-refractivity contribution in [3.63, 3.8) is 0 Å². The second-order valence-corrected chi connectivity index (χ2v) is 5.04. The monoisotopic (exact) mass is 262 g/mol. The van der Waals surface area contributed by atoms with Gasteiger partial charge in [-0.1, -0.05) is 18.2 Å². The molecule has 0 amide bonds. The van der Waals surface area contributed by atoms with Gasteiger partial charge in [-0.25, -0.2) is 9.37 Å². The molecule has 2 unspecified atom stereocenters. The van der Waals surface area contributed by atoms with Crippen LogP contribution >= 0.6 is 26.9 Å². The quantitative estimate of drug-likeness (QED) is 0.632. The Kier molecular flexibility index (Phi) is 7.00. The molecule has 0 fully saturated rings. The molecule has 0 saturated carbocycles. The van der Waals surface area contributed by atoms with Crippen LogP contribution in [0.3, 0.4) is 0 Å². The Morgan fingerprint density at radius 2 is 2.33 bits per heavy atom. The molecule has 1 rings (SSSR count). The van der Waals surface area contributed by atoms with Gasteiger partial charge in [0.1, 0.15) is 5.75 Å². The first kappa shape index (κ1) is 13.0. The Morgan fingerprint density at radius 1 is 1.53 bits per heavy atom. The van der Waals surface area contributed by atoms with Crippen LogP contribution in [0.25, 0.3) is 0 Å². The van der Waals surface area contributed by atoms with Gasteiger partial charge < -0.3 is 9.26 Å². The minimum absolute atomic E-state index is 0.237. The molecule has 1 aromatic carbocycles. The summed E-state index contributed by atoms with van der Waals surface area (Å²) in [6.45, 7) is 0.543. The Bertz CT molecular complexity index is 323. The Morgan fingerprint density at radius 3 is 3.07 bits per heavy atom. The van der Waals surface area contributed by atoms with Crippen LogP contribution in [0.15, 0.2) is 28.8 Å². The highest BCUT2D eigenvalue weighted by Crippen LogP contribution is 2.22. The molecule has 1 N–H and O–H groups in total. The third-order valence-corrected chi connectivity index (χ3v) is 3.16. The van der Waals surface area contributed by atoms with E-state index in [1.54, 1.807) is 7.11 Å². The molecule has 2 atom stereocenters. The van der Waals surface area contributed by atoms with E-state index >= 15 is 0 Å². The molecule has 0 aliphatic rings. The van der Waals surface area contributed by atoms with E-state index in [2.05, 4.69) is 18.8 Å². The Labute approximate surface area is 95.3 Å². The van der Waals surface area contributed by atoms with Crippen molar-refractivity contribution < 1.29 is 9.26 Å². The lowest BCUT2D eigenvalue weighted by Gasteiger charge is -2.07. The standard InChI is InChI=1S/C8H13N2O2P3/c1-11-8-5-3-2-4-7(8)6-12-15-10-14-9-13/h2-5,15H,6,13H2,1H3,(H,9,10). The number of nitrogens with zero attached hydrogens (tertiary/aromatic N) is 1. The number of methoxy groups -OCH3 is 1. The first-order valence-electron chi connectivity index (χ1n) is 4.22. The second-order valence-electron chi connectivity index (χ2n) is 2.53. The van der Waals surface area contributed by atoms with E-state index in [4.69, 9.17) is 9.26 Å². The number of para-hydroxylation sites is 1. The number of hydrogen-bond donors (Lipinski definition) is 1. The summed E-state index contributed by atoms with van der Waals surface area (Å²) in [7, 11) is 4.99. The Balaban J connectivity index is 2.36. The fourth-order valence-corrected chi connectivity index (χ4v) is 2.42. The van der Waals surface area contributed by atoms with Gasteiger partial charge in [-0.15, -0.1) is 0 Å². The van der Waals surface area contributed by atoms with Crippen molar-refractivity contribution in [2.45, 2.75) is 6.61 Å². The van der Waals surface area contributed by atoms with Crippen LogP contribution in [0.2, 0.25) is 0 Å². The van der Waals surface area contributed by atoms with Crippen molar-refractivity contribution in [2.75, 3.05) is 7.11 Å². The van der Waals surface area contributed by atoms with Crippen molar-refractivity contribution >= 4 is 26.9 Å². The van der Waals surface area contributed by atoms with Gasteiger partial charge in [0.2, 0.25) is 0 Å². The minimum atomic E-state index is 0.237. The van der Waals surface area contributed by atoms with Crippen LogP contribution in [0.4, 0.5) is 0 Å². The highest BCUT2D eigenvalue weighted by atomic mass is 31.1. The maximum Gasteiger partial charge on any atom is 0.124 e. The first-order chi connectivity index (χ1) is 7.38. The minimum Gasteiger partial charge on any atom is -0.496 e. The van der Waals surface area contributed by atoms with Crippen molar-refractivity contribution in [3.05, 3.63) is 29.8 Å². The summed E-state index contributed by atoms with van der Waals surface area (Å²) in [5.41, 5.74) is 1.05. The number of nitrogens with one attached hydrogen (secondary N) is 1. The molecule has 0 aliphatic heterocycles. The maximum atomic E-state index is 5.42. The molecule has 0 bridgehead atoms. The third-order valence-electron chi connectivity index (χ3n) is 1.65.